The van der Waals surface area contributed by atoms with Crippen LogP contribution in [0.3, 0.4) is 0 Å². The van der Waals surface area contributed by atoms with Crippen LogP contribution >= 0.6 is 0 Å². The van der Waals surface area contributed by atoms with Crippen LogP contribution in [0.1, 0.15) is 5.56 Å². The first-order valence-electron chi connectivity index (χ1n) is 8.05. The summed E-state index contributed by atoms with van der Waals surface area (Å²) in [6, 6.07) is 9.11. The lowest BCUT2D eigenvalue weighted by Crippen LogP contribution is -2.55. The molecule has 1 aromatic heterocycles. The SMILES string of the molecule is O=C(CN1CCN(Cc2ccc(F)cc2)C(=O)C1=O)Nc1cccnc1. The van der Waals surface area contributed by atoms with Gasteiger partial charge in [-0.2, -0.15) is 0 Å². The first kappa shape index (κ1) is 17.5. The summed E-state index contributed by atoms with van der Waals surface area (Å²) in [6.45, 7) is 0.582. The third-order valence-electron chi connectivity index (χ3n) is 3.96. The summed E-state index contributed by atoms with van der Waals surface area (Å²) < 4.78 is 12.9. The smallest absolute Gasteiger partial charge is 0.312 e. The molecule has 0 unspecified atom stereocenters. The van der Waals surface area contributed by atoms with Gasteiger partial charge in [0.1, 0.15) is 12.4 Å². The van der Waals surface area contributed by atoms with Crippen LogP contribution < -0.4 is 5.32 Å². The van der Waals surface area contributed by atoms with Crippen molar-refractivity contribution < 1.29 is 18.8 Å². The molecule has 0 atom stereocenters. The Morgan fingerprint density at radius 3 is 2.46 bits per heavy atom. The Labute approximate surface area is 149 Å². The average Bonchev–Trinajstić information content (AvgIpc) is 2.64. The number of carbonyl (C=O) groups excluding carboxylic acids is 3. The van der Waals surface area contributed by atoms with Crippen LogP contribution in [0.5, 0.6) is 0 Å². The summed E-state index contributed by atoms with van der Waals surface area (Å²) in [5.74, 6) is -2.15. The van der Waals surface area contributed by atoms with E-state index in [1.807, 2.05) is 0 Å². The normalized spacial score (nSPS) is 14.5. The number of halogens is 1. The molecule has 26 heavy (non-hydrogen) atoms. The highest BCUT2D eigenvalue weighted by atomic mass is 19.1. The zero-order chi connectivity index (χ0) is 18.5. The van der Waals surface area contributed by atoms with Gasteiger partial charge < -0.3 is 15.1 Å². The minimum atomic E-state index is -0.723. The summed E-state index contributed by atoms with van der Waals surface area (Å²) in [4.78, 5) is 43.1. The molecule has 2 heterocycles. The van der Waals surface area contributed by atoms with Gasteiger partial charge in [-0.3, -0.25) is 19.4 Å². The zero-order valence-corrected chi connectivity index (χ0v) is 13.9. The molecule has 2 aromatic rings. The molecule has 134 valence electrons. The van der Waals surface area contributed by atoms with Crippen molar-refractivity contribution in [3.63, 3.8) is 0 Å². The number of carbonyl (C=O) groups is 3. The standard InChI is InChI=1S/C18H17FN4O3/c19-14-5-3-13(4-6-14)11-22-8-9-23(18(26)17(22)25)12-16(24)21-15-2-1-7-20-10-15/h1-7,10H,8-9,11-12H2,(H,21,24). The lowest BCUT2D eigenvalue weighted by molar-refractivity contribution is -0.157. The molecule has 8 heteroatoms. The number of nitrogens with zero attached hydrogens (tertiary/aromatic N) is 3. The lowest BCUT2D eigenvalue weighted by Gasteiger charge is -2.33. The largest absolute Gasteiger partial charge is 0.328 e. The predicted octanol–water partition coefficient (Wildman–Crippen LogP) is 1.03. The molecule has 1 aromatic carbocycles. The second-order valence-electron chi connectivity index (χ2n) is 5.87. The Balaban J connectivity index is 1.56. The average molecular weight is 356 g/mol. The van der Waals surface area contributed by atoms with Gasteiger partial charge >= 0.3 is 11.8 Å². The highest BCUT2D eigenvalue weighted by molar-refractivity contribution is 6.35. The van der Waals surface area contributed by atoms with E-state index in [4.69, 9.17) is 0 Å². The fourth-order valence-electron chi connectivity index (χ4n) is 2.64. The molecule has 1 fully saturated rings. The van der Waals surface area contributed by atoms with E-state index >= 15 is 0 Å². The first-order valence-corrected chi connectivity index (χ1v) is 8.05. The molecule has 1 saturated heterocycles. The van der Waals surface area contributed by atoms with Gasteiger partial charge in [0.15, 0.2) is 0 Å². The van der Waals surface area contributed by atoms with Crippen molar-refractivity contribution in [3.8, 4) is 0 Å². The second-order valence-corrected chi connectivity index (χ2v) is 5.87. The van der Waals surface area contributed by atoms with E-state index in [0.29, 0.717) is 12.2 Å². The minimum absolute atomic E-state index is 0.205. The zero-order valence-electron chi connectivity index (χ0n) is 13.9. The van der Waals surface area contributed by atoms with E-state index in [0.717, 1.165) is 5.56 Å². The monoisotopic (exact) mass is 356 g/mol. The van der Waals surface area contributed by atoms with Crippen molar-refractivity contribution in [2.75, 3.05) is 25.0 Å². The van der Waals surface area contributed by atoms with Crippen LogP contribution in [0.2, 0.25) is 0 Å². The van der Waals surface area contributed by atoms with Gasteiger partial charge in [0, 0.05) is 25.8 Å². The third-order valence-corrected chi connectivity index (χ3v) is 3.96. The topological polar surface area (TPSA) is 82.6 Å². The number of amides is 3. The number of aromatic nitrogens is 1. The molecule has 1 aliphatic rings. The van der Waals surface area contributed by atoms with Crippen LogP contribution in [-0.2, 0) is 20.9 Å². The molecule has 1 N–H and O–H groups in total. The van der Waals surface area contributed by atoms with Gasteiger partial charge in [0.2, 0.25) is 5.91 Å². The van der Waals surface area contributed by atoms with Crippen molar-refractivity contribution >= 4 is 23.4 Å². The first-order chi connectivity index (χ1) is 12.5. The number of anilines is 1. The van der Waals surface area contributed by atoms with E-state index in [1.165, 1.54) is 28.1 Å². The third kappa shape index (κ3) is 4.21. The second kappa shape index (κ2) is 7.73. The maximum Gasteiger partial charge on any atom is 0.312 e. The Kier molecular flexibility index (Phi) is 5.21. The van der Waals surface area contributed by atoms with Crippen molar-refractivity contribution in [2.24, 2.45) is 0 Å². The number of pyridine rings is 1. The molecule has 0 spiro atoms. The maximum atomic E-state index is 12.9. The molecule has 3 amide bonds. The lowest BCUT2D eigenvalue weighted by atomic mass is 10.2. The van der Waals surface area contributed by atoms with E-state index in [-0.39, 0.29) is 25.5 Å². The number of benzene rings is 1. The van der Waals surface area contributed by atoms with E-state index < -0.39 is 17.7 Å². The fourth-order valence-corrected chi connectivity index (χ4v) is 2.64. The van der Waals surface area contributed by atoms with Gasteiger partial charge in [-0.05, 0) is 29.8 Å². The Morgan fingerprint density at radius 1 is 1.08 bits per heavy atom. The molecule has 0 aliphatic carbocycles. The Morgan fingerprint density at radius 2 is 1.77 bits per heavy atom. The summed E-state index contributed by atoms with van der Waals surface area (Å²) >= 11 is 0. The summed E-state index contributed by atoms with van der Waals surface area (Å²) in [7, 11) is 0. The van der Waals surface area contributed by atoms with Crippen LogP contribution in [0, 0.1) is 5.82 Å². The molecular weight excluding hydrogens is 339 g/mol. The molecule has 3 rings (SSSR count). The Bertz CT molecular complexity index is 811. The number of hydrogen-bond acceptors (Lipinski definition) is 4. The molecule has 7 nitrogen and oxygen atoms in total. The number of rotatable bonds is 5. The minimum Gasteiger partial charge on any atom is -0.328 e. The Hall–Kier alpha value is -3.29. The van der Waals surface area contributed by atoms with Crippen LogP contribution in [0.25, 0.3) is 0 Å². The van der Waals surface area contributed by atoms with Crippen LogP contribution in [0.15, 0.2) is 48.8 Å². The molecular formula is C18H17FN4O3. The predicted molar refractivity (Wildman–Crippen MR) is 91.3 cm³/mol. The van der Waals surface area contributed by atoms with Crippen LogP contribution in [-0.4, -0.2) is 52.1 Å². The van der Waals surface area contributed by atoms with Crippen molar-refractivity contribution in [1.29, 1.82) is 0 Å². The van der Waals surface area contributed by atoms with Gasteiger partial charge in [-0.1, -0.05) is 12.1 Å². The van der Waals surface area contributed by atoms with Gasteiger partial charge in [0.05, 0.1) is 11.9 Å². The molecule has 0 bridgehead atoms. The summed E-state index contributed by atoms with van der Waals surface area (Å²) in [6.07, 6.45) is 3.07. The molecule has 1 aliphatic heterocycles. The van der Waals surface area contributed by atoms with Crippen LogP contribution in [0.4, 0.5) is 10.1 Å². The maximum absolute atomic E-state index is 12.9. The summed E-state index contributed by atoms with van der Waals surface area (Å²) in [5.41, 5.74) is 1.25. The fraction of sp³-hybridized carbons (Fsp3) is 0.222. The van der Waals surface area contributed by atoms with Gasteiger partial charge in [0.25, 0.3) is 0 Å². The quantitative estimate of drug-likeness (QED) is 0.812. The molecule has 0 radical (unpaired) electrons. The van der Waals surface area contributed by atoms with Gasteiger partial charge in [-0.15, -0.1) is 0 Å². The summed E-state index contributed by atoms with van der Waals surface area (Å²) in [5, 5.41) is 2.63. The number of nitrogens with one attached hydrogen (secondary N) is 1. The molecule has 0 saturated carbocycles. The highest BCUT2D eigenvalue weighted by Crippen LogP contribution is 2.12. The number of hydrogen-bond donors (Lipinski definition) is 1. The van der Waals surface area contributed by atoms with E-state index in [9.17, 15) is 18.8 Å². The van der Waals surface area contributed by atoms with E-state index in [1.54, 1.807) is 30.5 Å². The van der Waals surface area contributed by atoms with Crippen molar-refractivity contribution in [1.82, 2.24) is 14.8 Å². The highest BCUT2D eigenvalue weighted by Gasteiger charge is 2.33. The van der Waals surface area contributed by atoms with Crippen molar-refractivity contribution in [3.05, 3.63) is 60.2 Å². The van der Waals surface area contributed by atoms with Crippen molar-refractivity contribution in [2.45, 2.75) is 6.54 Å². The van der Waals surface area contributed by atoms with E-state index in [2.05, 4.69) is 10.3 Å². The van der Waals surface area contributed by atoms with Gasteiger partial charge in [-0.25, -0.2) is 4.39 Å². The number of piperazine rings is 1.